The van der Waals surface area contributed by atoms with Crippen LogP contribution in [0.1, 0.15) is 33.7 Å². The largest absolute Gasteiger partial charge is 0.395 e. The zero-order valence-corrected chi connectivity index (χ0v) is 15.7. The summed E-state index contributed by atoms with van der Waals surface area (Å²) in [4.78, 5) is 26.5. The van der Waals surface area contributed by atoms with Crippen LogP contribution in [0.2, 0.25) is 0 Å². The van der Waals surface area contributed by atoms with Crippen molar-refractivity contribution in [2.45, 2.75) is 18.9 Å². The molecule has 5 rings (SSSR count). The summed E-state index contributed by atoms with van der Waals surface area (Å²) >= 11 is 0. The van der Waals surface area contributed by atoms with Gasteiger partial charge in [-0.1, -0.05) is 36.4 Å². The fourth-order valence-electron chi connectivity index (χ4n) is 4.02. The summed E-state index contributed by atoms with van der Waals surface area (Å²) in [5, 5.41) is 9.83. The van der Waals surface area contributed by atoms with Crippen LogP contribution in [0, 0.1) is 0 Å². The molecule has 1 N–H and O–H groups in total. The molecule has 5 nitrogen and oxygen atoms in total. The molecule has 2 aliphatic heterocycles. The first kappa shape index (κ1) is 17.6. The number of hydrogen-bond donors (Lipinski definition) is 1. The van der Waals surface area contributed by atoms with Crippen LogP contribution in [0.5, 0.6) is 0 Å². The van der Waals surface area contributed by atoms with Crippen LogP contribution in [0.3, 0.4) is 0 Å². The highest BCUT2D eigenvalue weighted by atomic mass is 16.3. The van der Waals surface area contributed by atoms with Gasteiger partial charge in [0.05, 0.1) is 36.2 Å². The van der Waals surface area contributed by atoms with Crippen molar-refractivity contribution in [1.29, 1.82) is 0 Å². The molecule has 29 heavy (non-hydrogen) atoms. The third kappa shape index (κ3) is 3.09. The van der Waals surface area contributed by atoms with Gasteiger partial charge >= 0.3 is 0 Å². The number of Topliss-reactive ketones (excluding diaryl/α,β-unsaturated/α-hetero) is 1. The summed E-state index contributed by atoms with van der Waals surface area (Å²) < 4.78 is 0. The average molecular weight is 381 g/mol. The number of carbonyl (C=O) groups excluding carboxylic acids is 1. The van der Waals surface area contributed by atoms with Crippen molar-refractivity contribution >= 4 is 22.9 Å². The van der Waals surface area contributed by atoms with Gasteiger partial charge in [-0.2, -0.15) is 0 Å². The smallest absolute Gasteiger partial charge is 0.187 e. The van der Waals surface area contributed by atoms with Crippen LogP contribution in [-0.2, 0) is 17.8 Å². The second-order valence-corrected chi connectivity index (χ2v) is 7.28. The van der Waals surface area contributed by atoms with E-state index >= 15 is 0 Å². The summed E-state index contributed by atoms with van der Waals surface area (Å²) in [7, 11) is 0. The van der Waals surface area contributed by atoms with Crippen LogP contribution in [0.4, 0.5) is 5.69 Å². The molecule has 0 amide bonds. The van der Waals surface area contributed by atoms with Crippen molar-refractivity contribution in [2.75, 3.05) is 6.61 Å². The number of benzene rings is 2. The Morgan fingerprint density at radius 1 is 1.03 bits per heavy atom. The number of ketones is 1. The summed E-state index contributed by atoms with van der Waals surface area (Å²) in [6.07, 6.45) is 4.02. The quantitative estimate of drug-likeness (QED) is 0.736. The number of pyridine rings is 1. The lowest BCUT2D eigenvalue weighted by molar-refractivity contribution is -0.115. The molecule has 142 valence electrons. The molecule has 0 saturated heterocycles. The molecule has 1 aromatic heterocycles. The Bertz CT molecular complexity index is 1150. The first-order chi connectivity index (χ1) is 14.2. The molecular formula is C24H19N3O2. The lowest BCUT2D eigenvalue weighted by atomic mass is 9.91. The van der Waals surface area contributed by atoms with Crippen LogP contribution in [0.15, 0.2) is 77.0 Å². The Morgan fingerprint density at radius 2 is 1.83 bits per heavy atom. The van der Waals surface area contributed by atoms with Gasteiger partial charge in [-0.15, -0.1) is 0 Å². The zero-order chi connectivity index (χ0) is 19.8. The monoisotopic (exact) mass is 381 g/mol. The van der Waals surface area contributed by atoms with E-state index in [0.717, 1.165) is 39.2 Å². The molecule has 5 heteroatoms. The van der Waals surface area contributed by atoms with E-state index in [9.17, 15) is 9.90 Å². The molecule has 3 heterocycles. The van der Waals surface area contributed by atoms with Gasteiger partial charge < -0.3 is 5.11 Å². The second kappa shape index (κ2) is 7.18. The summed E-state index contributed by atoms with van der Waals surface area (Å²) in [6, 6.07) is 17.4. The molecule has 0 saturated carbocycles. The van der Waals surface area contributed by atoms with Crippen molar-refractivity contribution < 1.29 is 9.90 Å². The van der Waals surface area contributed by atoms with E-state index in [0.29, 0.717) is 18.7 Å². The van der Waals surface area contributed by atoms with Crippen LogP contribution >= 0.6 is 0 Å². The van der Waals surface area contributed by atoms with E-state index in [1.807, 2.05) is 48.5 Å². The maximum absolute atomic E-state index is 13.1. The maximum Gasteiger partial charge on any atom is 0.187 e. The van der Waals surface area contributed by atoms with Gasteiger partial charge in [0.1, 0.15) is 0 Å². The van der Waals surface area contributed by atoms with E-state index in [4.69, 9.17) is 4.99 Å². The number of rotatable bonds is 5. The zero-order valence-electron chi connectivity index (χ0n) is 15.7. The molecule has 0 unspecified atom stereocenters. The highest BCUT2D eigenvalue weighted by Crippen LogP contribution is 2.35. The van der Waals surface area contributed by atoms with Crippen molar-refractivity contribution in [2.24, 2.45) is 9.98 Å². The van der Waals surface area contributed by atoms with Gasteiger partial charge in [0.15, 0.2) is 5.78 Å². The highest BCUT2D eigenvalue weighted by molar-refractivity contribution is 6.43. The fourth-order valence-corrected chi connectivity index (χ4v) is 4.02. The molecule has 0 aliphatic carbocycles. The Kier molecular flexibility index (Phi) is 4.37. The average Bonchev–Trinajstić information content (AvgIpc) is 3.37. The first-order valence-corrected chi connectivity index (χ1v) is 9.63. The van der Waals surface area contributed by atoms with Crippen LogP contribution < -0.4 is 0 Å². The van der Waals surface area contributed by atoms with Crippen molar-refractivity contribution in [3.05, 3.63) is 94.8 Å². The molecule has 0 fully saturated rings. The molecule has 0 radical (unpaired) electrons. The summed E-state index contributed by atoms with van der Waals surface area (Å²) in [6.45, 7) is 0.403. The van der Waals surface area contributed by atoms with Crippen LogP contribution in [-0.4, -0.2) is 33.9 Å². The number of nitrogens with zero attached hydrogens (tertiary/aromatic N) is 3. The van der Waals surface area contributed by atoms with Gasteiger partial charge in [0.2, 0.25) is 0 Å². The van der Waals surface area contributed by atoms with E-state index in [2.05, 4.69) is 16.0 Å². The third-order valence-corrected chi connectivity index (χ3v) is 5.52. The van der Waals surface area contributed by atoms with Gasteiger partial charge in [-0.05, 0) is 34.9 Å². The number of hydrogen-bond acceptors (Lipinski definition) is 5. The Labute approximate surface area is 168 Å². The van der Waals surface area contributed by atoms with Crippen LogP contribution in [0.25, 0.3) is 0 Å². The molecular weight excluding hydrogens is 362 g/mol. The number of aliphatic imine (C=N–C) groups is 2. The molecule has 1 atom stereocenters. The van der Waals surface area contributed by atoms with Gasteiger partial charge in [-0.3, -0.25) is 14.8 Å². The minimum atomic E-state index is -0.579. The van der Waals surface area contributed by atoms with E-state index in [-0.39, 0.29) is 12.4 Å². The predicted molar refractivity (Wildman–Crippen MR) is 112 cm³/mol. The summed E-state index contributed by atoms with van der Waals surface area (Å²) in [5.41, 5.74) is 7.38. The van der Waals surface area contributed by atoms with E-state index < -0.39 is 5.92 Å². The number of aliphatic hydroxyl groups excluding tert-OH is 1. The number of aliphatic hydroxyl groups is 1. The summed E-state index contributed by atoms with van der Waals surface area (Å²) in [5.74, 6) is -0.692. The second-order valence-electron chi connectivity index (χ2n) is 7.28. The number of aromatic nitrogens is 1. The molecule has 2 aromatic carbocycles. The van der Waals surface area contributed by atoms with E-state index in [1.54, 1.807) is 12.4 Å². The first-order valence-electron chi connectivity index (χ1n) is 9.63. The van der Waals surface area contributed by atoms with Crippen molar-refractivity contribution in [3.8, 4) is 0 Å². The Hall–Kier alpha value is -3.44. The fraction of sp³-hybridized carbons (Fsp3) is 0.167. The normalized spacial score (nSPS) is 15.3. The highest BCUT2D eigenvalue weighted by Gasteiger charge is 2.30. The van der Waals surface area contributed by atoms with Crippen molar-refractivity contribution in [3.63, 3.8) is 0 Å². The SMILES string of the molecule is O=C(C1=Nc2cc3c(cc2C1)CN=C3c1ccncc1)[C@H](CO)c1ccccc1. The van der Waals surface area contributed by atoms with E-state index in [1.165, 1.54) is 0 Å². The minimum absolute atomic E-state index is 0.113. The molecule has 3 aromatic rings. The maximum atomic E-state index is 13.1. The van der Waals surface area contributed by atoms with Gasteiger partial charge in [0.25, 0.3) is 0 Å². The molecule has 0 spiro atoms. The predicted octanol–water partition coefficient (Wildman–Crippen LogP) is 3.41. The third-order valence-electron chi connectivity index (χ3n) is 5.52. The van der Waals surface area contributed by atoms with Gasteiger partial charge in [-0.25, -0.2) is 4.99 Å². The minimum Gasteiger partial charge on any atom is -0.395 e. The topological polar surface area (TPSA) is 74.9 Å². The lowest BCUT2D eigenvalue weighted by Gasteiger charge is -2.13. The lowest BCUT2D eigenvalue weighted by Crippen LogP contribution is -2.25. The Balaban J connectivity index is 1.46. The number of fused-ring (bicyclic) bond motifs is 2. The van der Waals surface area contributed by atoms with Gasteiger partial charge in [0, 0.05) is 29.9 Å². The standard InChI is InChI=1S/C24H19N3O2/c28-14-20(15-4-2-1-3-5-15)24(29)22-11-17-10-18-13-26-23(16-6-8-25-9-7-16)19(18)12-21(17)27-22/h1-10,12,20,28H,11,13-14H2/t20-/m1/s1. The molecule has 2 aliphatic rings. The van der Waals surface area contributed by atoms with Crippen molar-refractivity contribution in [1.82, 2.24) is 4.98 Å². The Morgan fingerprint density at radius 3 is 2.59 bits per heavy atom. The molecule has 0 bridgehead atoms. The number of carbonyl (C=O) groups is 1.